The van der Waals surface area contributed by atoms with Gasteiger partial charge in [0.2, 0.25) is 0 Å². The Labute approximate surface area is 149 Å². The first-order valence-corrected chi connectivity index (χ1v) is 7.75. The third-order valence-electron chi connectivity index (χ3n) is 3.31. The van der Waals surface area contributed by atoms with Gasteiger partial charge in [0.05, 0.1) is 0 Å². The zero-order chi connectivity index (χ0) is 17.9. The van der Waals surface area contributed by atoms with Gasteiger partial charge in [-0.25, -0.2) is 0 Å². The van der Waals surface area contributed by atoms with E-state index in [4.69, 9.17) is 23.2 Å². The number of rotatable bonds is 3. The van der Waals surface area contributed by atoms with Gasteiger partial charge in [-0.3, -0.25) is 4.79 Å². The van der Waals surface area contributed by atoms with Crippen molar-refractivity contribution in [2.24, 2.45) is 0 Å². The van der Waals surface area contributed by atoms with E-state index in [0.717, 1.165) is 0 Å². The highest BCUT2D eigenvalue weighted by Gasteiger charge is 2.11. The van der Waals surface area contributed by atoms with Gasteiger partial charge in [0, 0.05) is 15.7 Å². The summed E-state index contributed by atoms with van der Waals surface area (Å²) in [5, 5.41) is 22.4. The molecule has 2 N–H and O–H groups in total. The number of hydrogen-bond donors (Lipinski definition) is 2. The van der Waals surface area contributed by atoms with Gasteiger partial charge in [-0.1, -0.05) is 23.2 Å². The average molecular weight is 361 g/mol. The lowest BCUT2D eigenvalue weighted by atomic mass is 10.0. The van der Waals surface area contributed by atoms with Crippen LogP contribution in [0.4, 0.5) is 5.69 Å². The molecule has 0 saturated heterocycles. The van der Waals surface area contributed by atoms with Crippen LogP contribution in [-0.2, 0) is 4.79 Å². The lowest BCUT2D eigenvalue weighted by Gasteiger charge is -2.07. The minimum absolute atomic E-state index is 0.0735. The summed E-state index contributed by atoms with van der Waals surface area (Å²) in [6.07, 6.45) is 1.46. The summed E-state index contributed by atoms with van der Waals surface area (Å²) >= 11 is 11.8. The van der Waals surface area contributed by atoms with Crippen LogP contribution in [0, 0.1) is 25.2 Å². The van der Waals surface area contributed by atoms with E-state index in [9.17, 15) is 15.2 Å². The molecule has 6 heteroatoms. The van der Waals surface area contributed by atoms with Crippen LogP contribution in [0.2, 0.25) is 10.0 Å². The van der Waals surface area contributed by atoms with Crippen LogP contribution in [0.3, 0.4) is 0 Å². The Bertz CT molecular complexity index is 840. The van der Waals surface area contributed by atoms with Crippen LogP contribution in [0.15, 0.2) is 35.9 Å². The molecule has 0 aliphatic heterocycles. The molecule has 1 amide bonds. The number of amides is 1. The number of aryl methyl sites for hydroxylation is 2. The van der Waals surface area contributed by atoms with Gasteiger partial charge in [0.15, 0.2) is 0 Å². The van der Waals surface area contributed by atoms with E-state index >= 15 is 0 Å². The number of nitrogens with one attached hydrogen (secondary N) is 1. The Morgan fingerprint density at radius 2 is 1.67 bits per heavy atom. The molecule has 0 fully saturated rings. The van der Waals surface area contributed by atoms with Gasteiger partial charge in [-0.05, 0) is 66.9 Å². The van der Waals surface area contributed by atoms with Crippen molar-refractivity contribution in [3.05, 3.63) is 62.6 Å². The molecule has 0 aromatic heterocycles. The maximum Gasteiger partial charge on any atom is 0.266 e. The maximum atomic E-state index is 12.3. The molecule has 4 nitrogen and oxygen atoms in total. The van der Waals surface area contributed by atoms with Crippen LogP contribution in [0.5, 0.6) is 5.75 Å². The number of hydrogen-bond acceptors (Lipinski definition) is 3. The quantitative estimate of drug-likeness (QED) is 0.606. The number of aromatic hydroxyl groups is 1. The molecule has 24 heavy (non-hydrogen) atoms. The zero-order valence-electron chi connectivity index (χ0n) is 13.0. The monoisotopic (exact) mass is 360 g/mol. The third-order valence-corrected chi connectivity index (χ3v) is 3.75. The number of carbonyl (C=O) groups excluding carboxylic acids is 1. The summed E-state index contributed by atoms with van der Waals surface area (Å²) in [6, 6.07) is 9.89. The van der Waals surface area contributed by atoms with E-state index in [1.165, 1.54) is 18.2 Å². The Morgan fingerprint density at radius 1 is 1.12 bits per heavy atom. The fourth-order valence-electron chi connectivity index (χ4n) is 2.21. The smallest absolute Gasteiger partial charge is 0.266 e. The summed E-state index contributed by atoms with van der Waals surface area (Å²) < 4.78 is 0. The fourth-order valence-corrected chi connectivity index (χ4v) is 2.74. The van der Waals surface area contributed by atoms with Gasteiger partial charge in [-0.2, -0.15) is 5.26 Å². The van der Waals surface area contributed by atoms with Crippen molar-refractivity contribution < 1.29 is 9.90 Å². The van der Waals surface area contributed by atoms with E-state index in [1.807, 2.05) is 6.07 Å². The molecule has 0 aliphatic rings. The molecule has 0 radical (unpaired) electrons. The molecule has 122 valence electrons. The summed E-state index contributed by atoms with van der Waals surface area (Å²) in [5.74, 6) is -0.372. The molecule has 0 aliphatic carbocycles. The van der Waals surface area contributed by atoms with E-state index in [1.54, 1.807) is 32.0 Å². The Kier molecular flexibility index (Phi) is 5.50. The molecular formula is C18H14Cl2N2O2. The molecule has 0 saturated carbocycles. The molecule has 0 spiro atoms. The number of anilines is 1. The second-order valence-electron chi connectivity index (χ2n) is 5.29. The Morgan fingerprint density at radius 3 is 2.17 bits per heavy atom. The third kappa shape index (κ3) is 4.29. The molecule has 0 atom stereocenters. The number of phenolic OH excluding ortho intramolecular Hbond substituents is 1. The summed E-state index contributed by atoms with van der Waals surface area (Å²) in [7, 11) is 0. The fraction of sp³-hybridized carbons (Fsp3) is 0.111. The number of carbonyl (C=O) groups is 1. The molecule has 0 bridgehead atoms. The first kappa shape index (κ1) is 17.9. The largest absolute Gasteiger partial charge is 0.507 e. The predicted octanol–water partition coefficient (Wildman–Crippen LogP) is 4.86. The lowest BCUT2D eigenvalue weighted by molar-refractivity contribution is -0.112. The van der Waals surface area contributed by atoms with Crippen LogP contribution >= 0.6 is 23.2 Å². The molecular weight excluding hydrogens is 347 g/mol. The molecule has 0 unspecified atom stereocenters. The van der Waals surface area contributed by atoms with Crippen LogP contribution in [0.25, 0.3) is 6.08 Å². The summed E-state index contributed by atoms with van der Waals surface area (Å²) in [6.45, 7) is 3.50. The maximum absolute atomic E-state index is 12.3. The Hall–Kier alpha value is -2.48. The minimum atomic E-state index is -0.570. The number of halogens is 2. The van der Waals surface area contributed by atoms with Crippen molar-refractivity contribution >= 4 is 40.9 Å². The molecule has 2 aromatic carbocycles. The van der Waals surface area contributed by atoms with Gasteiger partial charge >= 0.3 is 0 Å². The van der Waals surface area contributed by atoms with Gasteiger partial charge < -0.3 is 10.4 Å². The van der Waals surface area contributed by atoms with Gasteiger partial charge in [0.1, 0.15) is 17.4 Å². The number of phenols is 1. The van der Waals surface area contributed by atoms with E-state index in [0.29, 0.717) is 32.4 Å². The van der Waals surface area contributed by atoms with Crippen molar-refractivity contribution in [2.75, 3.05) is 5.32 Å². The van der Waals surface area contributed by atoms with Crippen LogP contribution < -0.4 is 5.32 Å². The topological polar surface area (TPSA) is 73.1 Å². The number of nitriles is 1. The molecule has 2 rings (SSSR count). The highest BCUT2D eigenvalue weighted by atomic mass is 35.5. The van der Waals surface area contributed by atoms with Crippen LogP contribution in [-0.4, -0.2) is 11.0 Å². The average Bonchev–Trinajstić information content (AvgIpc) is 2.48. The van der Waals surface area contributed by atoms with Crippen molar-refractivity contribution in [1.82, 2.24) is 0 Å². The molecule has 2 aromatic rings. The van der Waals surface area contributed by atoms with Crippen molar-refractivity contribution in [1.29, 1.82) is 5.26 Å². The van der Waals surface area contributed by atoms with E-state index in [2.05, 4.69) is 5.32 Å². The standard InChI is InChI=1S/C18H14Cl2N2O2/c1-10-3-12(4-11(2)17(10)23)5-13(9-21)18(24)22-16-7-14(19)6-15(20)8-16/h3-8,23H,1-2H3,(H,22,24). The first-order chi connectivity index (χ1) is 11.3. The van der Waals surface area contributed by atoms with Crippen LogP contribution in [0.1, 0.15) is 16.7 Å². The second-order valence-corrected chi connectivity index (χ2v) is 6.16. The zero-order valence-corrected chi connectivity index (χ0v) is 14.5. The highest BCUT2D eigenvalue weighted by molar-refractivity contribution is 6.35. The highest BCUT2D eigenvalue weighted by Crippen LogP contribution is 2.25. The summed E-state index contributed by atoms with van der Waals surface area (Å²) in [4.78, 5) is 12.3. The second kappa shape index (κ2) is 7.39. The van der Waals surface area contributed by atoms with E-state index < -0.39 is 5.91 Å². The predicted molar refractivity (Wildman–Crippen MR) is 96.3 cm³/mol. The first-order valence-electron chi connectivity index (χ1n) is 6.99. The van der Waals surface area contributed by atoms with E-state index in [-0.39, 0.29) is 11.3 Å². The number of nitrogens with zero attached hydrogens (tertiary/aromatic N) is 1. The normalized spacial score (nSPS) is 11.0. The molecule has 0 heterocycles. The van der Waals surface area contributed by atoms with Crippen molar-refractivity contribution in [2.45, 2.75) is 13.8 Å². The van der Waals surface area contributed by atoms with Crippen molar-refractivity contribution in [3.63, 3.8) is 0 Å². The number of benzene rings is 2. The summed E-state index contributed by atoms with van der Waals surface area (Å²) in [5.41, 5.74) is 2.31. The Balaban J connectivity index is 2.30. The van der Waals surface area contributed by atoms with Gasteiger partial charge in [0.25, 0.3) is 5.91 Å². The lowest BCUT2D eigenvalue weighted by Crippen LogP contribution is -2.13. The SMILES string of the molecule is Cc1cc(C=C(C#N)C(=O)Nc2cc(Cl)cc(Cl)c2)cc(C)c1O. The van der Waals surface area contributed by atoms with Gasteiger partial charge in [-0.15, -0.1) is 0 Å². The minimum Gasteiger partial charge on any atom is -0.507 e. The van der Waals surface area contributed by atoms with Crippen molar-refractivity contribution in [3.8, 4) is 11.8 Å².